The second-order valence-corrected chi connectivity index (χ2v) is 6.59. The molecule has 1 N–H and O–H groups in total. The van der Waals surface area contributed by atoms with Gasteiger partial charge in [-0.15, -0.1) is 0 Å². The Bertz CT molecular complexity index is 414. The summed E-state index contributed by atoms with van der Waals surface area (Å²) in [4.78, 5) is 4.95. The molecule has 3 heteroatoms. The van der Waals surface area contributed by atoms with Crippen LogP contribution in [0.2, 0.25) is 0 Å². The van der Waals surface area contributed by atoms with Gasteiger partial charge in [0.25, 0.3) is 0 Å². The van der Waals surface area contributed by atoms with E-state index in [0.717, 1.165) is 26.1 Å². The van der Waals surface area contributed by atoms with Gasteiger partial charge in [-0.25, -0.2) is 0 Å². The molecule has 0 amide bonds. The third kappa shape index (κ3) is 4.06. The van der Waals surface area contributed by atoms with Crippen LogP contribution in [0, 0.1) is 0 Å². The molecule has 2 heterocycles. The zero-order valence-electron chi connectivity index (χ0n) is 13.0. The van der Waals surface area contributed by atoms with E-state index in [0.29, 0.717) is 6.04 Å². The first-order valence-corrected chi connectivity index (χ1v) is 8.51. The van der Waals surface area contributed by atoms with Crippen molar-refractivity contribution >= 4 is 0 Å². The van der Waals surface area contributed by atoms with E-state index in [-0.39, 0.29) is 6.10 Å². The molecule has 2 aliphatic rings. The Kier molecular flexibility index (Phi) is 5.28. The van der Waals surface area contributed by atoms with Crippen LogP contribution in [-0.4, -0.2) is 53.2 Å². The first-order chi connectivity index (χ1) is 10.3. The smallest absolute Gasteiger partial charge is 0.0822 e. The predicted molar refractivity (Wildman–Crippen MR) is 86.2 cm³/mol. The van der Waals surface area contributed by atoms with Gasteiger partial charge < -0.3 is 5.11 Å². The Morgan fingerprint density at radius 2 is 1.67 bits per heavy atom. The van der Waals surface area contributed by atoms with Gasteiger partial charge in [0.1, 0.15) is 0 Å². The average Bonchev–Trinajstić information content (AvgIpc) is 2.77. The summed E-state index contributed by atoms with van der Waals surface area (Å²) in [6, 6.07) is 11.0. The highest BCUT2D eigenvalue weighted by Gasteiger charge is 2.32. The van der Waals surface area contributed by atoms with E-state index in [1.165, 1.54) is 44.3 Å². The molecule has 2 saturated heterocycles. The first kappa shape index (κ1) is 15.0. The molecule has 0 spiro atoms. The SMILES string of the molecule is O[C@@H]1CN(Cc2ccccc2)CC[C@H]1N1CCCCCC1. The minimum Gasteiger partial charge on any atom is -0.390 e. The fraction of sp³-hybridized carbons (Fsp3) is 0.667. The van der Waals surface area contributed by atoms with Crippen molar-refractivity contribution in [3.05, 3.63) is 35.9 Å². The highest BCUT2D eigenvalue weighted by molar-refractivity contribution is 5.14. The summed E-state index contributed by atoms with van der Waals surface area (Å²) in [5.74, 6) is 0. The standard InChI is InChI=1S/C18H28N2O/c21-18-15-19(14-16-8-4-3-5-9-16)13-10-17(18)20-11-6-1-2-7-12-20/h3-5,8-9,17-18,21H,1-2,6-7,10-15H2/t17-,18-/m1/s1. The zero-order chi connectivity index (χ0) is 14.5. The quantitative estimate of drug-likeness (QED) is 0.926. The molecule has 1 aromatic carbocycles. The molecule has 0 aromatic heterocycles. The lowest BCUT2D eigenvalue weighted by Crippen LogP contribution is -2.54. The van der Waals surface area contributed by atoms with Gasteiger partial charge in [-0.1, -0.05) is 43.2 Å². The highest BCUT2D eigenvalue weighted by Crippen LogP contribution is 2.22. The van der Waals surface area contributed by atoms with Crippen molar-refractivity contribution < 1.29 is 5.11 Å². The maximum atomic E-state index is 10.6. The van der Waals surface area contributed by atoms with Gasteiger partial charge in [0, 0.05) is 25.7 Å². The Balaban J connectivity index is 1.54. The van der Waals surface area contributed by atoms with E-state index in [9.17, 15) is 5.11 Å². The number of likely N-dealkylation sites (tertiary alicyclic amines) is 2. The van der Waals surface area contributed by atoms with Gasteiger partial charge in [0.2, 0.25) is 0 Å². The van der Waals surface area contributed by atoms with Crippen LogP contribution in [0.5, 0.6) is 0 Å². The number of hydrogen-bond acceptors (Lipinski definition) is 3. The summed E-state index contributed by atoms with van der Waals surface area (Å²) in [5, 5.41) is 10.6. The van der Waals surface area contributed by atoms with Gasteiger partial charge in [0.05, 0.1) is 6.10 Å². The lowest BCUT2D eigenvalue weighted by Gasteiger charge is -2.41. The number of benzene rings is 1. The maximum absolute atomic E-state index is 10.6. The van der Waals surface area contributed by atoms with Gasteiger partial charge in [-0.2, -0.15) is 0 Å². The van der Waals surface area contributed by atoms with E-state index < -0.39 is 0 Å². The zero-order valence-corrected chi connectivity index (χ0v) is 13.0. The van der Waals surface area contributed by atoms with Crippen LogP contribution in [0.3, 0.4) is 0 Å². The second kappa shape index (κ2) is 7.39. The van der Waals surface area contributed by atoms with E-state index >= 15 is 0 Å². The largest absolute Gasteiger partial charge is 0.390 e. The summed E-state index contributed by atoms with van der Waals surface area (Å²) in [6.07, 6.45) is 6.24. The molecule has 1 aromatic rings. The summed E-state index contributed by atoms with van der Waals surface area (Å²) >= 11 is 0. The van der Waals surface area contributed by atoms with E-state index in [2.05, 4.69) is 40.1 Å². The van der Waals surface area contributed by atoms with Crippen LogP contribution in [0.15, 0.2) is 30.3 Å². The van der Waals surface area contributed by atoms with Gasteiger partial charge >= 0.3 is 0 Å². The molecule has 3 nitrogen and oxygen atoms in total. The van der Waals surface area contributed by atoms with Crippen molar-refractivity contribution in [1.29, 1.82) is 0 Å². The van der Waals surface area contributed by atoms with E-state index in [4.69, 9.17) is 0 Å². The van der Waals surface area contributed by atoms with E-state index in [1.807, 2.05) is 0 Å². The Labute approximate surface area is 128 Å². The van der Waals surface area contributed by atoms with Crippen molar-refractivity contribution in [3.8, 4) is 0 Å². The van der Waals surface area contributed by atoms with Gasteiger partial charge in [0.15, 0.2) is 0 Å². The second-order valence-electron chi connectivity index (χ2n) is 6.59. The molecular formula is C18H28N2O. The topological polar surface area (TPSA) is 26.7 Å². The Morgan fingerprint density at radius 1 is 0.952 bits per heavy atom. The first-order valence-electron chi connectivity index (χ1n) is 8.51. The Hall–Kier alpha value is -0.900. The molecule has 2 aliphatic heterocycles. The van der Waals surface area contributed by atoms with E-state index in [1.54, 1.807) is 0 Å². The highest BCUT2D eigenvalue weighted by atomic mass is 16.3. The fourth-order valence-corrected chi connectivity index (χ4v) is 3.82. The van der Waals surface area contributed by atoms with Crippen molar-refractivity contribution in [2.24, 2.45) is 0 Å². The number of rotatable bonds is 3. The van der Waals surface area contributed by atoms with Crippen LogP contribution >= 0.6 is 0 Å². The van der Waals surface area contributed by atoms with Crippen LogP contribution in [-0.2, 0) is 6.54 Å². The van der Waals surface area contributed by atoms with Gasteiger partial charge in [-0.05, 0) is 37.9 Å². The van der Waals surface area contributed by atoms with Gasteiger partial charge in [-0.3, -0.25) is 9.80 Å². The number of hydrogen-bond donors (Lipinski definition) is 1. The van der Waals surface area contributed by atoms with Crippen LogP contribution in [0.4, 0.5) is 0 Å². The Morgan fingerprint density at radius 3 is 2.33 bits per heavy atom. The third-order valence-corrected chi connectivity index (χ3v) is 4.99. The number of nitrogens with zero attached hydrogens (tertiary/aromatic N) is 2. The monoisotopic (exact) mass is 288 g/mol. The minimum absolute atomic E-state index is 0.194. The molecule has 2 atom stereocenters. The molecule has 0 radical (unpaired) electrons. The molecule has 3 rings (SSSR count). The molecule has 2 fully saturated rings. The van der Waals surface area contributed by atoms with Crippen LogP contribution in [0.25, 0.3) is 0 Å². The molecule has 0 aliphatic carbocycles. The number of piperidine rings is 1. The molecule has 0 unspecified atom stereocenters. The molecular weight excluding hydrogens is 260 g/mol. The van der Waals surface area contributed by atoms with Crippen molar-refractivity contribution in [2.45, 2.75) is 50.8 Å². The van der Waals surface area contributed by atoms with Crippen molar-refractivity contribution in [3.63, 3.8) is 0 Å². The molecule has 21 heavy (non-hydrogen) atoms. The normalized spacial score (nSPS) is 29.2. The third-order valence-electron chi connectivity index (χ3n) is 4.99. The number of β-amino-alcohol motifs (C(OH)–C–C–N with tert-alkyl or cyclic N) is 1. The average molecular weight is 288 g/mol. The predicted octanol–water partition coefficient (Wildman–Crippen LogP) is 2.50. The fourth-order valence-electron chi connectivity index (χ4n) is 3.82. The molecule has 0 saturated carbocycles. The van der Waals surface area contributed by atoms with Crippen LogP contribution in [0.1, 0.15) is 37.7 Å². The van der Waals surface area contributed by atoms with Crippen LogP contribution < -0.4 is 0 Å². The lowest BCUT2D eigenvalue weighted by molar-refractivity contribution is -0.0144. The molecule has 0 bridgehead atoms. The minimum atomic E-state index is -0.194. The number of aliphatic hydroxyl groups excluding tert-OH is 1. The molecule has 116 valence electrons. The van der Waals surface area contributed by atoms with Crippen molar-refractivity contribution in [2.75, 3.05) is 26.2 Å². The number of aliphatic hydroxyl groups is 1. The summed E-state index contributed by atoms with van der Waals surface area (Å²) in [6.45, 7) is 5.24. The summed E-state index contributed by atoms with van der Waals surface area (Å²) in [7, 11) is 0. The summed E-state index contributed by atoms with van der Waals surface area (Å²) in [5.41, 5.74) is 1.35. The maximum Gasteiger partial charge on any atom is 0.0822 e. The summed E-state index contributed by atoms with van der Waals surface area (Å²) < 4.78 is 0. The lowest BCUT2D eigenvalue weighted by atomic mass is 9.99. The van der Waals surface area contributed by atoms with Crippen molar-refractivity contribution in [1.82, 2.24) is 9.80 Å².